The van der Waals surface area contributed by atoms with Crippen molar-refractivity contribution in [3.05, 3.63) is 222 Å². The lowest BCUT2D eigenvalue weighted by molar-refractivity contribution is 0.723. The van der Waals surface area contributed by atoms with Gasteiger partial charge in [-0.3, -0.25) is 0 Å². The SMILES string of the molecule is C=C/C=C\C=C(/C)c1nc(-c2ccccc2)nc(-c2c(C#N)cc(-n3c4ccccc4c4ccc5c(c43)-c3ccccc3C53c4ccccc4Sc4ccccc43)cc2C#N)n1. The average molecular weight is 811 g/mol. The van der Waals surface area contributed by atoms with Crippen molar-refractivity contribution < 1.29 is 0 Å². The molecule has 2 aromatic heterocycles. The topological polar surface area (TPSA) is 91.2 Å². The highest BCUT2D eigenvalue weighted by Gasteiger charge is 2.51. The van der Waals surface area contributed by atoms with E-state index in [-0.39, 0.29) is 17.0 Å². The lowest BCUT2D eigenvalue weighted by Gasteiger charge is -2.39. The lowest BCUT2D eigenvalue weighted by Crippen LogP contribution is -2.31. The van der Waals surface area contributed by atoms with Gasteiger partial charge in [0, 0.05) is 37.4 Å². The molecule has 7 heteroatoms. The summed E-state index contributed by atoms with van der Waals surface area (Å²) in [5.41, 5.74) is 11.9. The summed E-state index contributed by atoms with van der Waals surface area (Å²) in [6, 6.07) is 57.7. The largest absolute Gasteiger partial charge is 0.309 e. The van der Waals surface area contributed by atoms with Crippen molar-refractivity contribution in [2.45, 2.75) is 22.1 Å². The molecule has 2 aliphatic rings. The van der Waals surface area contributed by atoms with E-state index in [1.54, 1.807) is 6.08 Å². The summed E-state index contributed by atoms with van der Waals surface area (Å²) < 4.78 is 2.24. The Labute approximate surface area is 363 Å². The van der Waals surface area contributed by atoms with Crippen LogP contribution in [-0.2, 0) is 5.41 Å². The Kier molecular flexibility index (Phi) is 8.68. The van der Waals surface area contributed by atoms with Crippen LogP contribution in [0.4, 0.5) is 0 Å². The quantitative estimate of drug-likeness (QED) is 0.155. The standard InChI is InChI=1S/C55H34N6S/c1-3-4-6-17-34(2)52-58-53(35-18-7-5-8-19-35)60-54(59-52)49-36(32-56)30-38(31-37(49)33-57)61-46-25-14-10-20-39(46)40-28-29-45-50(51(40)61)41-21-9-11-22-42(41)55(45)43-23-12-15-26-47(43)62-48-27-16-13-24-44(48)55/h3-31H,1H2,2H3/b6-4-,34-17+. The molecule has 6 nitrogen and oxygen atoms in total. The zero-order valence-electron chi connectivity index (χ0n) is 33.5. The summed E-state index contributed by atoms with van der Waals surface area (Å²) in [5, 5.41) is 24.2. The van der Waals surface area contributed by atoms with E-state index in [4.69, 9.17) is 15.0 Å². The van der Waals surface area contributed by atoms with Gasteiger partial charge in [-0.2, -0.15) is 10.5 Å². The zero-order chi connectivity index (χ0) is 42.0. The van der Waals surface area contributed by atoms with Crippen LogP contribution < -0.4 is 0 Å². The first-order valence-corrected chi connectivity index (χ1v) is 21.2. The minimum Gasteiger partial charge on any atom is -0.309 e. The van der Waals surface area contributed by atoms with E-state index < -0.39 is 5.41 Å². The molecule has 11 rings (SSSR count). The van der Waals surface area contributed by atoms with Crippen LogP contribution in [0.1, 0.15) is 46.1 Å². The summed E-state index contributed by atoms with van der Waals surface area (Å²) >= 11 is 1.82. The van der Waals surface area contributed by atoms with Gasteiger partial charge in [-0.15, -0.1) is 0 Å². The predicted molar refractivity (Wildman–Crippen MR) is 249 cm³/mol. The van der Waals surface area contributed by atoms with Crippen molar-refractivity contribution in [3.8, 4) is 51.7 Å². The van der Waals surface area contributed by atoms with Crippen LogP contribution in [0.25, 0.3) is 67.0 Å². The number of nitriles is 2. The Morgan fingerprint density at radius 3 is 1.97 bits per heavy atom. The van der Waals surface area contributed by atoms with Crippen molar-refractivity contribution in [1.82, 2.24) is 19.5 Å². The van der Waals surface area contributed by atoms with Gasteiger partial charge in [0.25, 0.3) is 0 Å². The molecule has 0 saturated carbocycles. The number of allylic oxidation sites excluding steroid dienone is 5. The molecule has 0 unspecified atom stereocenters. The molecule has 0 fully saturated rings. The maximum absolute atomic E-state index is 11.0. The first-order chi connectivity index (χ1) is 30.5. The summed E-state index contributed by atoms with van der Waals surface area (Å²) in [6.45, 7) is 5.70. The summed E-state index contributed by atoms with van der Waals surface area (Å²) in [7, 11) is 0. The summed E-state index contributed by atoms with van der Waals surface area (Å²) in [4.78, 5) is 17.1. The Bertz CT molecular complexity index is 3430. The fraction of sp³-hybridized carbons (Fsp3) is 0.0364. The van der Waals surface area contributed by atoms with Gasteiger partial charge in [0.05, 0.1) is 33.1 Å². The molecular formula is C55H34N6S. The molecule has 7 aromatic carbocycles. The number of nitrogens with zero attached hydrogens (tertiary/aromatic N) is 6. The Morgan fingerprint density at radius 2 is 1.26 bits per heavy atom. The van der Waals surface area contributed by atoms with Crippen LogP contribution in [0, 0.1) is 22.7 Å². The van der Waals surface area contributed by atoms with Gasteiger partial charge in [-0.1, -0.05) is 164 Å². The third-order valence-corrected chi connectivity index (χ3v) is 13.3. The monoisotopic (exact) mass is 810 g/mol. The van der Waals surface area contributed by atoms with Gasteiger partial charge in [0.1, 0.15) is 12.1 Å². The Hall–Kier alpha value is -8.10. The third kappa shape index (κ3) is 5.39. The fourth-order valence-corrected chi connectivity index (χ4v) is 10.8. The van der Waals surface area contributed by atoms with E-state index in [2.05, 4.69) is 126 Å². The van der Waals surface area contributed by atoms with Crippen LogP contribution in [0.15, 0.2) is 192 Å². The summed E-state index contributed by atoms with van der Waals surface area (Å²) in [6.07, 6.45) is 7.31. The van der Waals surface area contributed by atoms with E-state index in [1.165, 1.54) is 32.0 Å². The molecule has 1 spiro atoms. The number of benzene rings is 7. The summed E-state index contributed by atoms with van der Waals surface area (Å²) in [5.74, 6) is 1.13. The fourth-order valence-electron chi connectivity index (χ4n) is 9.57. The van der Waals surface area contributed by atoms with Crippen molar-refractivity contribution in [3.63, 3.8) is 0 Å². The number of hydrogen-bond acceptors (Lipinski definition) is 6. The van der Waals surface area contributed by atoms with Gasteiger partial charge in [0.15, 0.2) is 17.5 Å². The number of aromatic nitrogens is 4. The molecule has 0 saturated heterocycles. The molecule has 3 heterocycles. The molecule has 0 atom stereocenters. The average Bonchev–Trinajstić information content (AvgIpc) is 3.82. The smallest absolute Gasteiger partial charge is 0.166 e. The highest BCUT2D eigenvalue weighted by Crippen LogP contribution is 2.63. The van der Waals surface area contributed by atoms with E-state index in [1.807, 2.05) is 85.4 Å². The first kappa shape index (κ1) is 36.9. The van der Waals surface area contributed by atoms with E-state index in [9.17, 15) is 10.5 Å². The van der Waals surface area contributed by atoms with Gasteiger partial charge < -0.3 is 4.57 Å². The number of rotatable bonds is 6. The highest BCUT2D eigenvalue weighted by atomic mass is 32.2. The molecule has 0 bridgehead atoms. The van der Waals surface area contributed by atoms with Gasteiger partial charge >= 0.3 is 0 Å². The maximum Gasteiger partial charge on any atom is 0.166 e. The van der Waals surface area contributed by atoms with E-state index in [0.717, 1.165) is 44.1 Å². The molecule has 0 N–H and O–H groups in total. The third-order valence-electron chi connectivity index (χ3n) is 12.1. The number of para-hydroxylation sites is 1. The second kappa shape index (κ2) is 14.6. The minimum atomic E-state index is -0.569. The molecule has 1 aliphatic carbocycles. The van der Waals surface area contributed by atoms with Crippen LogP contribution in [0.3, 0.4) is 0 Å². The van der Waals surface area contributed by atoms with Crippen LogP contribution in [-0.4, -0.2) is 19.5 Å². The van der Waals surface area contributed by atoms with Crippen molar-refractivity contribution in [2.75, 3.05) is 0 Å². The highest BCUT2D eigenvalue weighted by molar-refractivity contribution is 7.99. The first-order valence-electron chi connectivity index (χ1n) is 20.4. The van der Waals surface area contributed by atoms with Crippen LogP contribution in [0.2, 0.25) is 0 Å². The van der Waals surface area contributed by atoms with E-state index in [0.29, 0.717) is 22.9 Å². The van der Waals surface area contributed by atoms with Crippen molar-refractivity contribution in [1.29, 1.82) is 10.5 Å². The normalized spacial score (nSPS) is 13.4. The van der Waals surface area contributed by atoms with Gasteiger partial charge in [-0.25, -0.2) is 15.0 Å². The molecule has 0 amide bonds. The van der Waals surface area contributed by atoms with Crippen LogP contribution in [0.5, 0.6) is 0 Å². The van der Waals surface area contributed by atoms with Crippen molar-refractivity contribution in [2.24, 2.45) is 0 Å². The maximum atomic E-state index is 11.0. The van der Waals surface area contributed by atoms with Crippen LogP contribution >= 0.6 is 11.8 Å². The molecule has 62 heavy (non-hydrogen) atoms. The number of hydrogen-bond donors (Lipinski definition) is 0. The zero-order valence-corrected chi connectivity index (χ0v) is 34.4. The van der Waals surface area contributed by atoms with Gasteiger partial charge in [0.2, 0.25) is 0 Å². The second-order valence-corrected chi connectivity index (χ2v) is 16.5. The van der Waals surface area contributed by atoms with E-state index >= 15 is 0 Å². The molecule has 290 valence electrons. The molecule has 0 radical (unpaired) electrons. The van der Waals surface area contributed by atoms with Crippen molar-refractivity contribution >= 4 is 39.1 Å². The Balaban J connectivity index is 1.21. The number of fused-ring (bicyclic) bond motifs is 13. The molecular weight excluding hydrogens is 777 g/mol. The lowest BCUT2D eigenvalue weighted by atomic mass is 9.67. The predicted octanol–water partition coefficient (Wildman–Crippen LogP) is 13.0. The minimum absolute atomic E-state index is 0.250. The second-order valence-electron chi connectivity index (χ2n) is 15.4. The van der Waals surface area contributed by atoms with Gasteiger partial charge in [-0.05, 0) is 70.6 Å². The Morgan fingerprint density at radius 1 is 0.629 bits per heavy atom. The molecule has 9 aromatic rings. The molecule has 1 aliphatic heterocycles.